The SMILES string of the molecule is COc1cc(-c2cc(F)c(OCCOC(C)(C)C)c(F)c2)ccc1O. The number of phenolic OH excluding ortho intramolecular Hbond substituents is 1. The maximum Gasteiger partial charge on any atom is 0.190 e. The van der Waals surface area contributed by atoms with Gasteiger partial charge in [-0.1, -0.05) is 6.07 Å². The molecule has 0 saturated heterocycles. The normalized spacial score (nSPS) is 11.4. The second-order valence-corrected chi connectivity index (χ2v) is 6.46. The summed E-state index contributed by atoms with van der Waals surface area (Å²) in [7, 11) is 1.40. The van der Waals surface area contributed by atoms with Crippen LogP contribution in [0, 0.1) is 11.6 Å². The first-order chi connectivity index (χ1) is 11.7. The summed E-state index contributed by atoms with van der Waals surface area (Å²) in [6.45, 7) is 5.91. The van der Waals surface area contributed by atoms with Crippen molar-refractivity contribution in [1.82, 2.24) is 0 Å². The lowest BCUT2D eigenvalue weighted by atomic mass is 10.0. The van der Waals surface area contributed by atoms with Crippen molar-refractivity contribution in [3.63, 3.8) is 0 Å². The third-order valence-electron chi connectivity index (χ3n) is 3.38. The molecule has 25 heavy (non-hydrogen) atoms. The molecule has 0 aromatic heterocycles. The van der Waals surface area contributed by atoms with Crippen LogP contribution in [-0.4, -0.2) is 31.0 Å². The molecule has 6 heteroatoms. The van der Waals surface area contributed by atoms with Gasteiger partial charge in [-0.15, -0.1) is 0 Å². The fourth-order valence-electron chi connectivity index (χ4n) is 2.21. The van der Waals surface area contributed by atoms with Crippen LogP contribution in [0.1, 0.15) is 20.8 Å². The number of hydrogen-bond acceptors (Lipinski definition) is 4. The average molecular weight is 352 g/mol. The lowest BCUT2D eigenvalue weighted by Gasteiger charge is -2.19. The number of phenols is 1. The molecule has 0 fully saturated rings. The molecule has 2 rings (SSSR count). The molecular formula is C19H22F2O4. The van der Waals surface area contributed by atoms with Crippen LogP contribution in [0.25, 0.3) is 11.1 Å². The van der Waals surface area contributed by atoms with Gasteiger partial charge in [0.1, 0.15) is 6.61 Å². The lowest BCUT2D eigenvalue weighted by molar-refractivity contribution is -0.0170. The summed E-state index contributed by atoms with van der Waals surface area (Å²) in [5.41, 5.74) is 0.476. The van der Waals surface area contributed by atoms with Crippen molar-refractivity contribution in [2.45, 2.75) is 26.4 Å². The Morgan fingerprint density at radius 3 is 2.16 bits per heavy atom. The summed E-state index contributed by atoms with van der Waals surface area (Å²) >= 11 is 0. The molecule has 0 spiro atoms. The van der Waals surface area contributed by atoms with E-state index in [1.54, 1.807) is 6.07 Å². The number of halogens is 2. The van der Waals surface area contributed by atoms with Gasteiger partial charge < -0.3 is 19.3 Å². The van der Waals surface area contributed by atoms with Gasteiger partial charge in [-0.2, -0.15) is 0 Å². The van der Waals surface area contributed by atoms with Crippen LogP contribution >= 0.6 is 0 Å². The van der Waals surface area contributed by atoms with Crippen LogP contribution in [0.15, 0.2) is 30.3 Å². The zero-order valence-electron chi connectivity index (χ0n) is 14.7. The zero-order chi connectivity index (χ0) is 18.6. The maximum atomic E-state index is 14.2. The van der Waals surface area contributed by atoms with Gasteiger partial charge in [0.2, 0.25) is 0 Å². The number of benzene rings is 2. The fourth-order valence-corrected chi connectivity index (χ4v) is 2.21. The predicted molar refractivity (Wildman–Crippen MR) is 91.2 cm³/mol. The van der Waals surface area contributed by atoms with E-state index >= 15 is 0 Å². The molecule has 136 valence electrons. The molecule has 2 aromatic carbocycles. The summed E-state index contributed by atoms with van der Waals surface area (Å²) in [5, 5.41) is 9.61. The van der Waals surface area contributed by atoms with E-state index in [1.807, 2.05) is 20.8 Å². The molecule has 0 radical (unpaired) electrons. The third-order valence-corrected chi connectivity index (χ3v) is 3.38. The van der Waals surface area contributed by atoms with Gasteiger partial charge in [0.25, 0.3) is 0 Å². The quantitative estimate of drug-likeness (QED) is 0.776. The topological polar surface area (TPSA) is 47.9 Å². The van der Waals surface area contributed by atoms with Crippen molar-refractivity contribution in [3.8, 4) is 28.4 Å². The van der Waals surface area contributed by atoms with Gasteiger partial charge in [-0.25, -0.2) is 8.78 Å². The van der Waals surface area contributed by atoms with Crippen LogP contribution in [0.2, 0.25) is 0 Å². The van der Waals surface area contributed by atoms with Gasteiger partial charge in [0.05, 0.1) is 19.3 Å². The number of rotatable bonds is 6. The number of methoxy groups -OCH3 is 1. The molecule has 0 bridgehead atoms. The molecule has 1 N–H and O–H groups in total. The highest BCUT2D eigenvalue weighted by Gasteiger charge is 2.16. The summed E-state index contributed by atoms with van der Waals surface area (Å²) in [5.74, 6) is -1.88. The van der Waals surface area contributed by atoms with Crippen molar-refractivity contribution >= 4 is 0 Å². The third kappa shape index (κ3) is 5.06. The Labute approximate surface area is 146 Å². The Morgan fingerprint density at radius 2 is 1.60 bits per heavy atom. The minimum Gasteiger partial charge on any atom is -0.504 e. The number of aromatic hydroxyl groups is 1. The minimum absolute atomic E-state index is 0.0392. The highest BCUT2D eigenvalue weighted by atomic mass is 19.1. The van der Waals surface area contributed by atoms with E-state index < -0.39 is 17.4 Å². The Kier molecular flexibility index (Phi) is 5.85. The van der Waals surface area contributed by atoms with E-state index in [2.05, 4.69) is 0 Å². The first kappa shape index (κ1) is 19.0. The summed E-state index contributed by atoms with van der Waals surface area (Å²) in [6, 6.07) is 6.80. The Bertz CT molecular complexity index is 716. The van der Waals surface area contributed by atoms with Crippen LogP contribution in [0.3, 0.4) is 0 Å². The molecule has 0 aliphatic heterocycles. The summed E-state index contributed by atoms with van der Waals surface area (Å²) < 4.78 is 44.1. The van der Waals surface area contributed by atoms with E-state index in [1.165, 1.54) is 31.4 Å². The molecule has 0 unspecified atom stereocenters. The van der Waals surface area contributed by atoms with E-state index in [0.29, 0.717) is 11.1 Å². The molecule has 2 aromatic rings. The molecule has 0 aliphatic rings. The Balaban J connectivity index is 2.17. The van der Waals surface area contributed by atoms with Crippen LogP contribution in [-0.2, 0) is 4.74 Å². The lowest BCUT2D eigenvalue weighted by Crippen LogP contribution is -2.22. The largest absolute Gasteiger partial charge is 0.504 e. The first-order valence-electron chi connectivity index (χ1n) is 7.84. The molecule has 0 aliphatic carbocycles. The molecule has 0 saturated carbocycles. The van der Waals surface area contributed by atoms with Gasteiger partial charge >= 0.3 is 0 Å². The van der Waals surface area contributed by atoms with Crippen molar-refractivity contribution in [2.75, 3.05) is 20.3 Å². The minimum atomic E-state index is -0.808. The monoisotopic (exact) mass is 352 g/mol. The standard InChI is InChI=1S/C19H22F2O4/c1-19(2,3)25-8-7-24-18-14(20)9-13(10-15(18)21)12-5-6-16(22)17(11-12)23-4/h5-6,9-11,22H,7-8H2,1-4H3. The van der Waals surface area contributed by atoms with E-state index in [-0.39, 0.29) is 30.3 Å². The van der Waals surface area contributed by atoms with E-state index in [0.717, 1.165) is 0 Å². The van der Waals surface area contributed by atoms with Crippen LogP contribution < -0.4 is 9.47 Å². The van der Waals surface area contributed by atoms with Crippen molar-refractivity contribution < 1.29 is 28.1 Å². The highest BCUT2D eigenvalue weighted by Crippen LogP contribution is 2.34. The van der Waals surface area contributed by atoms with Crippen molar-refractivity contribution in [2.24, 2.45) is 0 Å². The Morgan fingerprint density at radius 1 is 0.960 bits per heavy atom. The predicted octanol–water partition coefficient (Wildman–Crippen LogP) is 4.54. The van der Waals surface area contributed by atoms with Crippen molar-refractivity contribution in [1.29, 1.82) is 0 Å². The fraction of sp³-hybridized carbons (Fsp3) is 0.368. The van der Waals surface area contributed by atoms with Gasteiger partial charge in [0, 0.05) is 0 Å². The Hall–Kier alpha value is -2.34. The zero-order valence-corrected chi connectivity index (χ0v) is 14.7. The van der Waals surface area contributed by atoms with Gasteiger partial charge in [-0.3, -0.25) is 0 Å². The van der Waals surface area contributed by atoms with E-state index in [4.69, 9.17) is 14.2 Å². The summed E-state index contributed by atoms with van der Waals surface area (Å²) in [6.07, 6.45) is 0. The molecule has 0 heterocycles. The maximum absolute atomic E-state index is 14.2. The number of ether oxygens (including phenoxy) is 3. The van der Waals surface area contributed by atoms with Crippen LogP contribution in [0.5, 0.6) is 17.2 Å². The van der Waals surface area contributed by atoms with Gasteiger partial charge in [-0.05, 0) is 56.2 Å². The molecular weight excluding hydrogens is 330 g/mol. The molecule has 0 amide bonds. The van der Waals surface area contributed by atoms with E-state index in [9.17, 15) is 13.9 Å². The van der Waals surface area contributed by atoms with Crippen molar-refractivity contribution in [3.05, 3.63) is 42.0 Å². The van der Waals surface area contributed by atoms with Crippen LogP contribution in [0.4, 0.5) is 8.78 Å². The first-order valence-corrected chi connectivity index (χ1v) is 7.84. The number of hydrogen-bond donors (Lipinski definition) is 1. The summed E-state index contributed by atoms with van der Waals surface area (Å²) in [4.78, 5) is 0. The van der Waals surface area contributed by atoms with Gasteiger partial charge in [0.15, 0.2) is 28.9 Å². The molecule has 4 nitrogen and oxygen atoms in total. The highest BCUT2D eigenvalue weighted by molar-refractivity contribution is 5.68. The second kappa shape index (κ2) is 7.70. The second-order valence-electron chi connectivity index (χ2n) is 6.46. The average Bonchev–Trinajstić information content (AvgIpc) is 2.52. The molecule has 0 atom stereocenters. The smallest absolute Gasteiger partial charge is 0.190 e.